The zero-order valence-corrected chi connectivity index (χ0v) is 13.5. The third-order valence-electron chi connectivity index (χ3n) is 3.66. The topological polar surface area (TPSA) is 48.1 Å². The quantitative estimate of drug-likeness (QED) is 0.749. The Morgan fingerprint density at radius 3 is 2.59 bits per heavy atom. The number of nitrogens with two attached hydrogens (primary N) is 1. The molecule has 4 heteroatoms. The Balaban J connectivity index is 1.78. The van der Waals surface area contributed by atoms with Crippen LogP contribution in [-0.2, 0) is 6.42 Å². The molecule has 0 aliphatic rings. The molecule has 0 fully saturated rings. The average Bonchev–Trinajstić information content (AvgIpc) is 2.98. The van der Waals surface area contributed by atoms with Gasteiger partial charge in [-0.05, 0) is 43.2 Å². The number of benzene rings is 2. The summed E-state index contributed by atoms with van der Waals surface area (Å²) in [6, 6.07) is 16.5. The molecule has 3 nitrogen and oxygen atoms in total. The third kappa shape index (κ3) is 3.29. The van der Waals surface area contributed by atoms with Crippen LogP contribution in [0.25, 0.3) is 10.2 Å². The van der Waals surface area contributed by atoms with Crippen LogP contribution in [0.1, 0.15) is 23.4 Å². The van der Waals surface area contributed by atoms with Crippen molar-refractivity contribution in [3.8, 4) is 5.75 Å². The van der Waals surface area contributed by atoms with Crippen LogP contribution in [0, 0.1) is 0 Å². The molecule has 0 amide bonds. The summed E-state index contributed by atoms with van der Waals surface area (Å²) >= 11 is 1.74. The predicted octanol–water partition coefficient (Wildman–Crippen LogP) is 3.98. The van der Waals surface area contributed by atoms with Gasteiger partial charge < -0.3 is 10.5 Å². The van der Waals surface area contributed by atoms with Crippen LogP contribution >= 0.6 is 11.3 Å². The van der Waals surface area contributed by atoms with Crippen molar-refractivity contribution < 1.29 is 4.74 Å². The molecule has 3 aromatic rings. The van der Waals surface area contributed by atoms with E-state index >= 15 is 0 Å². The second-order valence-corrected chi connectivity index (χ2v) is 6.30. The molecule has 22 heavy (non-hydrogen) atoms. The highest BCUT2D eigenvalue weighted by molar-refractivity contribution is 7.18. The molecule has 3 rings (SSSR count). The van der Waals surface area contributed by atoms with Gasteiger partial charge in [0.1, 0.15) is 5.75 Å². The fourth-order valence-corrected chi connectivity index (χ4v) is 3.59. The Kier molecular flexibility index (Phi) is 4.71. The molecule has 0 spiro atoms. The van der Waals surface area contributed by atoms with Crippen LogP contribution in [0.2, 0.25) is 0 Å². The largest absolute Gasteiger partial charge is 0.494 e. The second-order valence-electron chi connectivity index (χ2n) is 5.23. The van der Waals surface area contributed by atoms with Gasteiger partial charge in [0.25, 0.3) is 0 Å². The molecular formula is C18H20N2OS. The summed E-state index contributed by atoms with van der Waals surface area (Å²) < 4.78 is 6.71. The number of rotatable bonds is 6. The molecule has 0 radical (unpaired) electrons. The van der Waals surface area contributed by atoms with Crippen molar-refractivity contribution in [3.05, 3.63) is 59.1 Å². The highest BCUT2D eigenvalue weighted by atomic mass is 32.1. The van der Waals surface area contributed by atoms with Gasteiger partial charge in [-0.3, -0.25) is 0 Å². The lowest BCUT2D eigenvalue weighted by Gasteiger charge is -2.12. The lowest BCUT2D eigenvalue weighted by Crippen LogP contribution is -2.14. The van der Waals surface area contributed by atoms with Crippen molar-refractivity contribution in [2.24, 2.45) is 5.73 Å². The molecule has 1 heterocycles. The highest BCUT2D eigenvalue weighted by Gasteiger charge is 2.15. The molecule has 0 aliphatic heterocycles. The first-order chi connectivity index (χ1) is 10.8. The van der Waals surface area contributed by atoms with Gasteiger partial charge in [0.15, 0.2) is 0 Å². The van der Waals surface area contributed by atoms with Crippen LogP contribution in [0.5, 0.6) is 5.75 Å². The van der Waals surface area contributed by atoms with E-state index in [4.69, 9.17) is 15.5 Å². The van der Waals surface area contributed by atoms with Gasteiger partial charge in [0, 0.05) is 12.5 Å². The molecule has 114 valence electrons. The van der Waals surface area contributed by atoms with Crippen molar-refractivity contribution in [1.29, 1.82) is 0 Å². The maximum Gasteiger partial charge on any atom is 0.119 e. The lowest BCUT2D eigenvalue weighted by atomic mass is 10.00. The van der Waals surface area contributed by atoms with Crippen molar-refractivity contribution in [1.82, 2.24) is 4.98 Å². The Labute approximate surface area is 134 Å². The number of thiazole rings is 1. The fraction of sp³-hybridized carbons (Fsp3) is 0.278. The van der Waals surface area contributed by atoms with Gasteiger partial charge in [-0.15, -0.1) is 11.3 Å². The van der Waals surface area contributed by atoms with Crippen molar-refractivity contribution in [3.63, 3.8) is 0 Å². The number of ether oxygens (including phenoxy) is 1. The maximum absolute atomic E-state index is 5.99. The molecule has 1 aromatic heterocycles. The minimum Gasteiger partial charge on any atom is -0.494 e. The van der Waals surface area contributed by atoms with Crippen LogP contribution in [0.3, 0.4) is 0 Å². The molecule has 1 unspecified atom stereocenters. The summed E-state index contributed by atoms with van der Waals surface area (Å²) in [5.74, 6) is 1.17. The summed E-state index contributed by atoms with van der Waals surface area (Å²) in [5.41, 5.74) is 8.32. The van der Waals surface area contributed by atoms with Crippen LogP contribution in [0.15, 0.2) is 48.5 Å². The molecule has 0 saturated carbocycles. The summed E-state index contributed by atoms with van der Waals surface area (Å²) in [4.78, 5) is 4.74. The van der Waals surface area contributed by atoms with E-state index in [1.807, 2.05) is 31.2 Å². The van der Waals surface area contributed by atoms with Gasteiger partial charge in [0.2, 0.25) is 0 Å². The standard InChI is InChI=1S/C18H20N2OS/c1-2-21-15-9-7-13(8-10-15)11-14(12-19)18-20-16-5-3-4-6-17(16)22-18/h3-10,14H,2,11-12,19H2,1H3. The Morgan fingerprint density at radius 2 is 1.91 bits per heavy atom. The number of aromatic nitrogens is 1. The molecule has 1 atom stereocenters. The first kappa shape index (κ1) is 15.0. The van der Waals surface area contributed by atoms with Crippen molar-refractivity contribution >= 4 is 21.6 Å². The smallest absolute Gasteiger partial charge is 0.119 e. The summed E-state index contributed by atoms with van der Waals surface area (Å²) in [6.45, 7) is 3.29. The third-order valence-corrected chi connectivity index (χ3v) is 4.86. The van der Waals surface area contributed by atoms with Gasteiger partial charge in [-0.1, -0.05) is 24.3 Å². The van der Waals surface area contributed by atoms with E-state index in [1.165, 1.54) is 10.3 Å². The molecule has 0 saturated heterocycles. The van der Waals surface area contributed by atoms with E-state index in [0.29, 0.717) is 13.2 Å². The zero-order valence-electron chi connectivity index (χ0n) is 12.7. The molecule has 0 aliphatic carbocycles. The van der Waals surface area contributed by atoms with Gasteiger partial charge in [-0.25, -0.2) is 4.98 Å². The monoisotopic (exact) mass is 312 g/mol. The SMILES string of the molecule is CCOc1ccc(CC(CN)c2nc3ccccc3s2)cc1. The minimum absolute atomic E-state index is 0.260. The van der Waals surface area contributed by atoms with E-state index in [9.17, 15) is 0 Å². The minimum atomic E-state index is 0.260. The Hall–Kier alpha value is -1.91. The van der Waals surface area contributed by atoms with Crippen molar-refractivity contribution in [2.45, 2.75) is 19.3 Å². The number of nitrogens with zero attached hydrogens (tertiary/aromatic N) is 1. The Morgan fingerprint density at radius 1 is 1.14 bits per heavy atom. The maximum atomic E-state index is 5.99. The molecule has 2 N–H and O–H groups in total. The second kappa shape index (κ2) is 6.90. The zero-order chi connectivity index (χ0) is 15.4. The van der Waals surface area contributed by atoms with Gasteiger partial charge >= 0.3 is 0 Å². The highest BCUT2D eigenvalue weighted by Crippen LogP contribution is 2.29. The van der Waals surface area contributed by atoms with E-state index in [1.54, 1.807) is 11.3 Å². The first-order valence-corrected chi connectivity index (χ1v) is 8.39. The lowest BCUT2D eigenvalue weighted by molar-refractivity contribution is 0.340. The average molecular weight is 312 g/mol. The van der Waals surface area contributed by atoms with Crippen LogP contribution in [0.4, 0.5) is 0 Å². The normalized spacial score (nSPS) is 12.5. The predicted molar refractivity (Wildman–Crippen MR) is 92.7 cm³/mol. The summed E-state index contributed by atoms with van der Waals surface area (Å²) in [7, 11) is 0. The van der Waals surface area contributed by atoms with E-state index in [-0.39, 0.29) is 5.92 Å². The number of hydrogen-bond acceptors (Lipinski definition) is 4. The van der Waals surface area contributed by atoms with E-state index < -0.39 is 0 Å². The molecule has 2 aromatic carbocycles. The van der Waals surface area contributed by atoms with Gasteiger partial charge in [-0.2, -0.15) is 0 Å². The summed E-state index contributed by atoms with van der Waals surface area (Å²) in [6.07, 6.45) is 0.905. The number of hydrogen-bond donors (Lipinski definition) is 1. The van der Waals surface area contributed by atoms with Crippen LogP contribution < -0.4 is 10.5 Å². The molecule has 0 bridgehead atoms. The summed E-state index contributed by atoms with van der Waals surface area (Å²) in [5, 5.41) is 1.12. The van der Waals surface area contributed by atoms with Crippen molar-refractivity contribution in [2.75, 3.05) is 13.2 Å². The molecular weight excluding hydrogens is 292 g/mol. The van der Waals surface area contributed by atoms with Gasteiger partial charge in [0.05, 0.1) is 21.8 Å². The van der Waals surface area contributed by atoms with E-state index in [2.05, 4.69) is 24.3 Å². The Bertz CT molecular complexity index is 703. The van der Waals surface area contributed by atoms with Crippen LogP contribution in [-0.4, -0.2) is 18.1 Å². The number of para-hydroxylation sites is 1. The fourth-order valence-electron chi connectivity index (χ4n) is 2.51. The van der Waals surface area contributed by atoms with E-state index in [0.717, 1.165) is 22.7 Å². The number of fused-ring (bicyclic) bond motifs is 1. The first-order valence-electron chi connectivity index (χ1n) is 7.57.